The number of para-hydroxylation sites is 3. The first-order chi connectivity index (χ1) is 27.0. The van der Waals surface area contributed by atoms with Crippen LogP contribution in [0.25, 0.3) is 86.5 Å². The molecular weight excluding hydrogens is 689 g/mol. The van der Waals surface area contributed by atoms with Crippen LogP contribution in [-0.2, 0) is 6.42 Å². The van der Waals surface area contributed by atoms with Crippen molar-refractivity contribution in [2.75, 3.05) is 0 Å². The summed E-state index contributed by atoms with van der Waals surface area (Å²) in [5.41, 5.74) is 13.3. The third-order valence-corrected chi connectivity index (χ3v) is 13.1. The van der Waals surface area contributed by atoms with Crippen molar-refractivity contribution in [3.63, 3.8) is 0 Å². The highest BCUT2D eigenvalue weighted by molar-refractivity contribution is 7.24. The van der Waals surface area contributed by atoms with Crippen molar-refractivity contribution in [1.29, 1.82) is 0 Å². The van der Waals surface area contributed by atoms with Gasteiger partial charge in [-0.25, -0.2) is 0 Å². The van der Waals surface area contributed by atoms with E-state index < -0.39 is 0 Å². The molecule has 0 saturated heterocycles. The van der Waals surface area contributed by atoms with Gasteiger partial charge in [0.05, 0.1) is 16.6 Å². The standard InChI is InChI=1S/C51H38N2OS/c1-31-26-32(2)49-42-28-35(22-25-44(42)53(46(49)27-31)37-14-7-4-8-15-37)38-17-11-19-47-50(38)51(54)41-24-21-34(30-48(41)55-47)33-20-23-40-39-16-9-10-18-43(39)52(45(40)29-33)36-12-5-3-6-13-36/h3-25,28-32H,26-27H2,1-2H3. The van der Waals surface area contributed by atoms with E-state index in [0.29, 0.717) is 11.8 Å². The van der Waals surface area contributed by atoms with Crippen LogP contribution < -0.4 is 5.43 Å². The summed E-state index contributed by atoms with van der Waals surface area (Å²) < 4.78 is 6.85. The molecule has 1 aliphatic rings. The molecule has 2 unspecified atom stereocenters. The van der Waals surface area contributed by atoms with Gasteiger partial charge in [-0.05, 0) is 119 Å². The smallest absolute Gasteiger partial charge is 0.196 e. The Hall–Kier alpha value is -6.23. The lowest BCUT2D eigenvalue weighted by atomic mass is 9.80. The van der Waals surface area contributed by atoms with Gasteiger partial charge in [0, 0.05) is 53.4 Å². The van der Waals surface area contributed by atoms with Crippen LogP contribution in [-0.4, -0.2) is 9.13 Å². The quantitative estimate of drug-likeness (QED) is 0.166. The van der Waals surface area contributed by atoms with E-state index in [1.165, 1.54) is 56.1 Å². The second kappa shape index (κ2) is 12.4. The fraction of sp³-hybridized carbons (Fsp3) is 0.118. The molecule has 0 bridgehead atoms. The predicted molar refractivity (Wildman–Crippen MR) is 234 cm³/mol. The van der Waals surface area contributed by atoms with E-state index in [2.05, 4.69) is 175 Å². The van der Waals surface area contributed by atoms with Crippen LogP contribution in [0.15, 0.2) is 163 Å². The minimum absolute atomic E-state index is 0.0942. The van der Waals surface area contributed by atoms with Gasteiger partial charge < -0.3 is 9.13 Å². The molecule has 0 spiro atoms. The molecule has 7 aromatic carbocycles. The normalized spacial score (nSPS) is 15.7. The lowest BCUT2D eigenvalue weighted by Crippen LogP contribution is -2.16. The van der Waals surface area contributed by atoms with E-state index in [4.69, 9.17) is 0 Å². The van der Waals surface area contributed by atoms with Crippen molar-refractivity contribution in [3.8, 4) is 33.6 Å². The lowest BCUT2D eigenvalue weighted by molar-refractivity contribution is 0.443. The summed E-state index contributed by atoms with van der Waals surface area (Å²) in [4.78, 5) is 14.6. The topological polar surface area (TPSA) is 26.9 Å². The number of rotatable bonds is 4. The molecule has 4 heteroatoms. The summed E-state index contributed by atoms with van der Waals surface area (Å²) in [6, 6.07) is 56.3. The zero-order valence-electron chi connectivity index (χ0n) is 30.8. The zero-order valence-corrected chi connectivity index (χ0v) is 31.6. The number of hydrogen-bond acceptors (Lipinski definition) is 2. The Kier molecular flexibility index (Phi) is 7.27. The Morgan fingerprint density at radius 1 is 0.527 bits per heavy atom. The Bertz CT molecular complexity index is 3200. The van der Waals surface area contributed by atoms with Gasteiger partial charge in [0.25, 0.3) is 0 Å². The maximum absolute atomic E-state index is 14.6. The molecule has 3 nitrogen and oxygen atoms in total. The minimum atomic E-state index is 0.0942. The summed E-state index contributed by atoms with van der Waals surface area (Å²) in [6.07, 6.45) is 2.25. The maximum atomic E-state index is 14.6. The van der Waals surface area contributed by atoms with Gasteiger partial charge in [0.2, 0.25) is 0 Å². The van der Waals surface area contributed by atoms with Gasteiger partial charge in [-0.1, -0.05) is 105 Å². The number of benzene rings is 7. The van der Waals surface area contributed by atoms with Crippen molar-refractivity contribution < 1.29 is 0 Å². The molecule has 2 atom stereocenters. The molecule has 0 radical (unpaired) electrons. The molecule has 0 saturated carbocycles. The van der Waals surface area contributed by atoms with E-state index in [9.17, 15) is 4.79 Å². The van der Waals surface area contributed by atoms with Gasteiger partial charge in [-0.2, -0.15) is 0 Å². The molecule has 1 aliphatic carbocycles. The highest BCUT2D eigenvalue weighted by Gasteiger charge is 2.29. The van der Waals surface area contributed by atoms with Crippen LogP contribution >= 0.6 is 11.3 Å². The molecule has 3 aromatic heterocycles. The first-order valence-electron chi connectivity index (χ1n) is 19.3. The highest BCUT2D eigenvalue weighted by atomic mass is 32.1. The third kappa shape index (κ3) is 4.98. The second-order valence-corrected chi connectivity index (χ2v) is 16.5. The number of hydrogen-bond donors (Lipinski definition) is 0. The molecule has 264 valence electrons. The summed E-state index contributed by atoms with van der Waals surface area (Å²) in [7, 11) is 0. The summed E-state index contributed by atoms with van der Waals surface area (Å²) >= 11 is 1.71. The molecule has 55 heavy (non-hydrogen) atoms. The number of fused-ring (bicyclic) bond motifs is 8. The van der Waals surface area contributed by atoms with E-state index in [0.717, 1.165) is 54.5 Å². The van der Waals surface area contributed by atoms with Crippen LogP contribution in [0, 0.1) is 5.92 Å². The molecule has 0 fully saturated rings. The summed E-state index contributed by atoms with van der Waals surface area (Å²) in [5.74, 6) is 1.10. The lowest BCUT2D eigenvalue weighted by Gasteiger charge is -2.26. The van der Waals surface area contributed by atoms with Crippen molar-refractivity contribution >= 4 is 64.2 Å². The molecule has 11 rings (SSSR count). The molecule has 10 aromatic rings. The van der Waals surface area contributed by atoms with E-state index >= 15 is 0 Å². The van der Waals surface area contributed by atoms with Crippen LogP contribution in [0.5, 0.6) is 0 Å². The minimum Gasteiger partial charge on any atom is -0.313 e. The molecule has 0 amide bonds. The zero-order chi connectivity index (χ0) is 36.8. The highest BCUT2D eigenvalue weighted by Crippen LogP contribution is 2.44. The van der Waals surface area contributed by atoms with Gasteiger partial charge in [0.1, 0.15) is 0 Å². The fourth-order valence-electron chi connectivity index (χ4n) is 9.62. The predicted octanol–water partition coefficient (Wildman–Crippen LogP) is 13.5. The van der Waals surface area contributed by atoms with E-state index in [1.54, 1.807) is 11.3 Å². The third-order valence-electron chi connectivity index (χ3n) is 11.9. The van der Waals surface area contributed by atoms with Crippen LogP contribution in [0.4, 0.5) is 0 Å². The van der Waals surface area contributed by atoms with Gasteiger partial charge in [0.15, 0.2) is 5.43 Å². The van der Waals surface area contributed by atoms with Crippen LogP contribution in [0.3, 0.4) is 0 Å². The van der Waals surface area contributed by atoms with Crippen molar-refractivity contribution in [1.82, 2.24) is 9.13 Å². The SMILES string of the molecule is CC1Cc2c(c3cc(-c4cccc5sc6cc(-c7ccc8c9ccccc9n(-c9ccccc9)c8c7)ccc6c(=O)c45)ccc3n2-c2ccccc2)C(C)C1. The second-order valence-electron chi connectivity index (χ2n) is 15.5. The fourth-order valence-corrected chi connectivity index (χ4v) is 10.8. The van der Waals surface area contributed by atoms with Gasteiger partial charge in [-0.15, -0.1) is 11.3 Å². The van der Waals surface area contributed by atoms with Crippen LogP contribution in [0.2, 0.25) is 0 Å². The number of aromatic nitrogens is 2. The Morgan fingerprint density at radius 2 is 1.18 bits per heavy atom. The van der Waals surface area contributed by atoms with Gasteiger partial charge in [-0.3, -0.25) is 4.79 Å². The molecule has 0 N–H and O–H groups in total. The Morgan fingerprint density at radius 3 is 1.98 bits per heavy atom. The number of nitrogens with zero attached hydrogens (tertiary/aromatic N) is 2. The van der Waals surface area contributed by atoms with Gasteiger partial charge >= 0.3 is 0 Å². The summed E-state index contributed by atoms with van der Waals surface area (Å²) in [6.45, 7) is 4.76. The molecule has 0 aliphatic heterocycles. The largest absolute Gasteiger partial charge is 0.313 e. The van der Waals surface area contributed by atoms with Crippen molar-refractivity contribution in [2.45, 2.75) is 32.6 Å². The molecule has 3 heterocycles. The Balaban J connectivity index is 1.06. The summed E-state index contributed by atoms with van der Waals surface area (Å²) in [5, 5.41) is 5.34. The molecular formula is C51H38N2OS. The maximum Gasteiger partial charge on any atom is 0.196 e. The first-order valence-corrected chi connectivity index (χ1v) is 20.1. The van der Waals surface area contributed by atoms with Crippen molar-refractivity contribution in [3.05, 3.63) is 179 Å². The van der Waals surface area contributed by atoms with Crippen molar-refractivity contribution in [2.24, 2.45) is 5.92 Å². The average molecular weight is 727 g/mol. The Labute approximate surface area is 323 Å². The van der Waals surface area contributed by atoms with E-state index in [-0.39, 0.29) is 5.43 Å². The average Bonchev–Trinajstić information content (AvgIpc) is 3.73. The van der Waals surface area contributed by atoms with E-state index in [1.807, 2.05) is 6.07 Å². The van der Waals surface area contributed by atoms with Crippen LogP contribution in [0.1, 0.15) is 37.4 Å². The monoisotopic (exact) mass is 726 g/mol. The first kappa shape index (κ1) is 32.2.